The minimum atomic E-state index is -3.86. The second kappa shape index (κ2) is 15.0. The van der Waals surface area contributed by atoms with Crippen molar-refractivity contribution in [2.24, 2.45) is 5.41 Å². The summed E-state index contributed by atoms with van der Waals surface area (Å²) in [7, 11) is -3.86. The maximum Gasteiger partial charge on any atom is 0.286 e. The minimum Gasteiger partial charge on any atom is -0.283 e. The van der Waals surface area contributed by atoms with Gasteiger partial charge in [-0.2, -0.15) is 22.5 Å². The van der Waals surface area contributed by atoms with Gasteiger partial charge in [-0.3, -0.25) is 10.2 Å². The zero-order valence-electron chi connectivity index (χ0n) is 27.9. The van der Waals surface area contributed by atoms with E-state index in [9.17, 15) is 13.2 Å². The Morgan fingerprint density at radius 1 is 0.959 bits per heavy atom. The number of hydrazine groups is 1. The van der Waals surface area contributed by atoms with Gasteiger partial charge in [-0.05, 0) is 80.5 Å². The largest absolute Gasteiger partial charge is 0.286 e. The summed E-state index contributed by atoms with van der Waals surface area (Å²) in [5.74, 6) is 6.05. The Labute approximate surface area is 302 Å². The van der Waals surface area contributed by atoms with E-state index in [1.54, 1.807) is 22.9 Å². The van der Waals surface area contributed by atoms with Crippen molar-refractivity contribution in [3.8, 4) is 28.1 Å². The maximum absolute atomic E-state index is 14.0. The number of piperidine rings is 2. The van der Waals surface area contributed by atoms with Crippen LogP contribution in [-0.4, -0.2) is 59.6 Å². The van der Waals surface area contributed by atoms with E-state index in [1.165, 1.54) is 15.6 Å². The molecule has 1 amide bonds. The number of amides is 1. The molecule has 0 saturated carbocycles. The fourth-order valence-corrected chi connectivity index (χ4v) is 8.55. The number of hydrogen-bond donors (Lipinski definition) is 2. The average Bonchev–Trinajstić information content (AvgIpc) is 3.68. The van der Waals surface area contributed by atoms with E-state index in [-0.39, 0.29) is 17.7 Å². The van der Waals surface area contributed by atoms with Crippen molar-refractivity contribution in [3.63, 3.8) is 0 Å². The smallest absolute Gasteiger partial charge is 0.283 e. The first kappa shape index (κ1) is 35.6. The lowest BCUT2D eigenvalue weighted by Gasteiger charge is -2.36. The van der Waals surface area contributed by atoms with Crippen LogP contribution >= 0.6 is 34.5 Å². The fraction of sp³-hybridized carbons (Fsp3) is 0.389. The second-order valence-corrected chi connectivity index (χ2v) is 17.0. The Morgan fingerprint density at radius 3 is 2.37 bits per heavy atom. The summed E-state index contributed by atoms with van der Waals surface area (Å²) in [4.78, 5) is 15.5. The summed E-state index contributed by atoms with van der Waals surface area (Å²) in [6.07, 6.45) is 4.57. The molecule has 0 bridgehead atoms. The lowest BCUT2D eigenvalue weighted by Crippen LogP contribution is -2.47. The van der Waals surface area contributed by atoms with Crippen LogP contribution in [0, 0.1) is 24.2 Å². The van der Waals surface area contributed by atoms with Gasteiger partial charge in [0.15, 0.2) is 5.69 Å². The molecule has 2 aliphatic rings. The van der Waals surface area contributed by atoms with Crippen LogP contribution in [0.25, 0.3) is 16.3 Å². The van der Waals surface area contributed by atoms with Gasteiger partial charge < -0.3 is 0 Å². The van der Waals surface area contributed by atoms with E-state index in [0.717, 1.165) is 66.1 Å². The van der Waals surface area contributed by atoms with E-state index in [2.05, 4.69) is 35.8 Å². The van der Waals surface area contributed by atoms with Crippen molar-refractivity contribution in [1.29, 1.82) is 0 Å². The van der Waals surface area contributed by atoms with Gasteiger partial charge in [0, 0.05) is 48.9 Å². The van der Waals surface area contributed by atoms with E-state index < -0.39 is 16.1 Å². The van der Waals surface area contributed by atoms with Crippen LogP contribution in [0.2, 0.25) is 10.0 Å². The molecule has 2 aromatic carbocycles. The lowest BCUT2D eigenvalue weighted by molar-refractivity contribution is 0.0743. The molecule has 0 atom stereocenters. The molecule has 0 aliphatic carbocycles. The predicted molar refractivity (Wildman–Crippen MR) is 197 cm³/mol. The molecule has 2 saturated heterocycles. The fourth-order valence-electron chi connectivity index (χ4n) is 5.97. The highest BCUT2D eigenvalue weighted by molar-refractivity contribution is 7.87. The Hall–Kier alpha value is -3.21. The number of carbonyl (C=O) groups excluding carboxylic acids is 1. The normalized spacial score (nSPS) is 17.0. The van der Waals surface area contributed by atoms with Crippen molar-refractivity contribution >= 4 is 50.7 Å². The van der Waals surface area contributed by atoms with Crippen molar-refractivity contribution in [3.05, 3.63) is 91.9 Å². The summed E-state index contributed by atoms with van der Waals surface area (Å²) in [6, 6.07) is 16.9. The van der Waals surface area contributed by atoms with Crippen LogP contribution in [0.4, 0.5) is 0 Å². The quantitative estimate of drug-likeness (QED) is 0.186. The summed E-state index contributed by atoms with van der Waals surface area (Å²) in [5, 5.41) is 7.51. The van der Waals surface area contributed by atoms with Gasteiger partial charge in [-0.1, -0.05) is 73.0 Å². The molecule has 2 aromatic heterocycles. The molecule has 9 nitrogen and oxygen atoms in total. The van der Waals surface area contributed by atoms with Crippen LogP contribution in [0.15, 0.2) is 54.6 Å². The van der Waals surface area contributed by atoms with E-state index in [0.29, 0.717) is 40.1 Å². The Bertz CT molecular complexity index is 2000. The monoisotopic (exact) mass is 738 g/mol. The van der Waals surface area contributed by atoms with E-state index in [1.807, 2.05) is 48.3 Å². The van der Waals surface area contributed by atoms with Gasteiger partial charge in [0.05, 0.1) is 26.2 Å². The van der Waals surface area contributed by atoms with Crippen LogP contribution in [-0.2, 0) is 16.8 Å². The molecule has 0 unspecified atom stereocenters. The van der Waals surface area contributed by atoms with Crippen LogP contribution in [0.5, 0.6) is 0 Å². The summed E-state index contributed by atoms with van der Waals surface area (Å²) < 4.78 is 33.2. The molecule has 2 N–H and O–H groups in total. The first-order valence-corrected chi connectivity index (χ1v) is 19.5. The van der Waals surface area contributed by atoms with Crippen molar-refractivity contribution in [2.45, 2.75) is 59.4 Å². The molecule has 13 heteroatoms. The molecule has 0 radical (unpaired) electrons. The van der Waals surface area contributed by atoms with Gasteiger partial charge >= 0.3 is 0 Å². The number of aromatic nitrogens is 2. The van der Waals surface area contributed by atoms with Gasteiger partial charge in [0.1, 0.15) is 0 Å². The average molecular weight is 740 g/mol. The van der Waals surface area contributed by atoms with Crippen molar-refractivity contribution in [1.82, 2.24) is 29.2 Å². The van der Waals surface area contributed by atoms with Gasteiger partial charge in [0.25, 0.3) is 16.1 Å². The standard InChI is InChI=1S/C36H40Cl2N6O3S2/c1-25-7-9-26(10-8-25)11-13-28-14-16-32(48-28)34-29(24-39-49(46,47)43-21-17-36(2,3)18-22-43)33(35(45)41-42-19-5-4-6-20-42)40-44(34)31-15-12-27(37)23-30(31)38/h7-10,12,14-16,23,39H,4-6,17-22,24H2,1-3H3,(H,41,45). The van der Waals surface area contributed by atoms with Crippen molar-refractivity contribution in [2.75, 3.05) is 26.2 Å². The number of hydrogen-bond acceptors (Lipinski definition) is 6. The molecule has 2 fully saturated rings. The number of thiophene rings is 1. The number of carbonyl (C=O) groups is 1. The molecule has 2 aliphatic heterocycles. The van der Waals surface area contributed by atoms with Crippen LogP contribution in [0.1, 0.15) is 78.0 Å². The third-order valence-corrected chi connectivity index (χ3v) is 12.1. The number of rotatable bonds is 8. The number of benzene rings is 2. The molecule has 4 heterocycles. The van der Waals surface area contributed by atoms with Gasteiger partial charge in [-0.15, -0.1) is 11.3 Å². The molecule has 6 rings (SSSR count). The number of nitrogens with zero attached hydrogens (tertiary/aromatic N) is 4. The molecule has 258 valence electrons. The van der Waals surface area contributed by atoms with Gasteiger partial charge in [0.2, 0.25) is 0 Å². The van der Waals surface area contributed by atoms with Gasteiger partial charge in [-0.25, -0.2) is 9.69 Å². The molecule has 0 spiro atoms. The predicted octanol–water partition coefficient (Wildman–Crippen LogP) is 7.20. The van der Waals surface area contributed by atoms with E-state index in [4.69, 9.17) is 28.3 Å². The second-order valence-electron chi connectivity index (χ2n) is 13.3. The Kier molecular flexibility index (Phi) is 10.9. The first-order chi connectivity index (χ1) is 23.4. The Balaban J connectivity index is 1.43. The zero-order chi connectivity index (χ0) is 34.8. The minimum absolute atomic E-state index is 0.0805. The van der Waals surface area contributed by atoms with E-state index >= 15 is 0 Å². The Morgan fingerprint density at radius 2 is 1.67 bits per heavy atom. The zero-order valence-corrected chi connectivity index (χ0v) is 31.0. The number of nitrogens with one attached hydrogen (secondary N) is 2. The number of halogens is 2. The first-order valence-electron chi connectivity index (χ1n) is 16.5. The lowest BCUT2D eigenvalue weighted by atomic mass is 9.83. The SMILES string of the molecule is Cc1ccc(C#Cc2ccc(-c3c(CNS(=O)(=O)N4CCC(C)(C)CC4)c(C(=O)NN4CCCCC4)nn3-c3ccc(Cl)cc3Cl)s2)cc1. The third kappa shape index (κ3) is 8.58. The van der Waals surface area contributed by atoms with Crippen LogP contribution in [0.3, 0.4) is 0 Å². The highest BCUT2D eigenvalue weighted by Crippen LogP contribution is 2.37. The molecular formula is C36H40Cl2N6O3S2. The molecular weight excluding hydrogens is 699 g/mol. The highest BCUT2D eigenvalue weighted by Gasteiger charge is 2.33. The van der Waals surface area contributed by atoms with Crippen molar-refractivity contribution < 1.29 is 13.2 Å². The highest BCUT2D eigenvalue weighted by atomic mass is 35.5. The molecule has 4 aromatic rings. The molecule has 49 heavy (non-hydrogen) atoms. The summed E-state index contributed by atoms with van der Waals surface area (Å²) in [6.45, 7) is 8.48. The summed E-state index contributed by atoms with van der Waals surface area (Å²) in [5.41, 5.74) is 6.74. The third-order valence-electron chi connectivity index (χ3n) is 9.02. The maximum atomic E-state index is 14.0. The van der Waals surface area contributed by atoms with Crippen LogP contribution < -0.4 is 10.1 Å². The summed E-state index contributed by atoms with van der Waals surface area (Å²) >= 11 is 14.4. The topological polar surface area (TPSA) is 99.6 Å². The number of aryl methyl sites for hydroxylation is 1.